The minimum Gasteiger partial charge on any atom is -0.481 e. The lowest BCUT2D eigenvalue weighted by Gasteiger charge is -2.40. The number of hydrogen-bond donors (Lipinski definition) is 1. The Hall–Kier alpha value is -2.10. The summed E-state index contributed by atoms with van der Waals surface area (Å²) < 4.78 is 0. The Bertz CT molecular complexity index is 552. The summed E-state index contributed by atoms with van der Waals surface area (Å²) in [5.41, 5.74) is 0.856. The number of rotatable bonds is 2. The van der Waals surface area contributed by atoms with Crippen LogP contribution in [0.5, 0.6) is 0 Å². The molecule has 0 bridgehead atoms. The Labute approximate surface area is 117 Å². The number of amides is 1. The van der Waals surface area contributed by atoms with Crippen LogP contribution >= 0.6 is 0 Å². The van der Waals surface area contributed by atoms with Crippen molar-refractivity contribution >= 4 is 17.6 Å². The molecule has 104 valence electrons. The van der Waals surface area contributed by atoms with Crippen molar-refractivity contribution in [3.8, 4) is 0 Å². The van der Waals surface area contributed by atoms with E-state index in [4.69, 9.17) is 0 Å². The van der Waals surface area contributed by atoms with Crippen LogP contribution in [0.2, 0.25) is 0 Å². The monoisotopic (exact) mass is 271 g/mol. The molecule has 1 fully saturated rings. The van der Waals surface area contributed by atoms with Crippen molar-refractivity contribution in [3.63, 3.8) is 0 Å². The molecule has 4 nitrogen and oxygen atoms in total. The summed E-state index contributed by atoms with van der Waals surface area (Å²) in [5.74, 6) is -1.87. The summed E-state index contributed by atoms with van der Waals surface area (Å²) in [7, 11) is 0. The highest BCUT2D eigenvalue weighted by atomic mass is 16.4. The Morgan fingerprint density at radius 3 is 2.70 bits per heavy atom. The van der Waals surface area contributed by atoms with Crippen LogP contribution in [-0.2, 0) is 9.59 Å². The lowest BCUT2D eigenvalue weighted by molar-refractivity contribution is -0.148. The summed E-state index contributed by atoms with van der Waals surface area (Å²) in [6.07, 6.45) is 5.20. The maximum absolute atomic E-state index is 12.7. The molecule has 1 heterocycles. The molecule has 1 saturated heterocycles. The van der Waals surface area contributed by atoms with Gasteiger partial charge in [0.15, 0.2) is 0 Å². The van der Waals surface area contributed by atoms with Crippen LogP contribution in [0, 0.1) is 17.8 Å². The van der Waals surface area contributed by atoms with Gasteiger partial charge in [-0.2, -0.15) is 0 Å². The number of nitrogens with zero attached hydrogens (tertiary/aromatic N) is 1. The first-order chi connectivity index (χ1) is 9.68. The predicted octanol–water partition coefficient (Wildman–Crippen LogP) is 2.32. The van der Waals surface area contributed by atoms with Crippen LogP contribution in [0.1, 0.15) is 12.8 Å². The second kappa shape index (κ2) is 5.12. The molecule has 1 aromatic rings. The van der Waals surface area contributed by atoms with Crippen molar-refractivity contribution in [3.05, 3.63) is 42.5 Å². The predicted molar refractivity (Wildman–Crippen MR) is 75.3 cm³/mol. The number of carbonyl (C=O) groups is 2. The Kier molecular flexibility index (Phi) is 3.30. The average molecular weight is 271 g/mol. The van der Waals surface area contributed by atoms with Gasteiger partial charge in [-0.1, -0.05) is 30.4 Å². The third-order valence-electron chi connectivity index (χ3n) is 4.29. The van der Waals surface area contributed by atoms with E-state index < -0.39 is 17.8 Å². The van der Waals surface area contributed by atoms with E-state index in [9.17, 15) is 14.7 Å². The molecule has 1 N–H and O–H groups in total. The number of aliphatic carboxylic acids is 1. The molecule has 3 atom stereocenters. The fraction of sp³-hybridized carbons (Fsp3) is 0.375. The molecule has 1 aromatic carbocycles. The van der Waals surface area contributed by atoms with Crippen molar-refractivity contribution in [1.29, 1.82) is 0 Å². The number of fused-ring (bicyclic) bond motifs is 1. The zero-order valence-corrected chi connectivity index (χ0v) is 11.1. The number of carboxylic acids is 1. The molecule has 1 aliphatic carbocycles. The van der Waals surface area contributed by atoms with Gasteiger partial charge in [0.25, 0.3) is 0 Å². The van der Waals surface area contributed by atoms with Gasteiger partial charge in [-0.3, -0.25) is 9.59 Å². The fourth-order valence-electron chi connectivity index (χ4n) is 3.28. The van der Waals surface area contributed by atoms with Crippen molar-refractivity contribution in [2.45, 2.75) is 12.8 Å². The third-order valence-corrected chi connectivity index (χ3v) is 4.29. The number of carboxylic acid groups (broad SMARTS) is 1. The number of benzene rings is 1. The zero-order valence-electron chi connectivity index (χ0n) is 11.1. The number of carbonyl (C=O) groups excluding carboxylic acids is 1. The first-order valence-corrected chi connectivity index (χ1v) is 6.94. The van der Waals surface area contributed by atoms with Crippen molar-refractivity contribution in [1.82, 2.24) is 0 Å². The van der Waals surface area contributed by atoms with Crippen LogP contribution in [0.3, 0.4) is 0 Å². The molecule has 3 rings (SSSR count). The van der Waals surface area contributed by atoms with Gasteiger partial charge in [0.05, 0.1) is 11.8 Å². The molecule has 0 radical (unpaired) electrons. The van der Waals surface area contributed by atoms with Gasteiger partial charge >= 0.3 is 5.97 Å². The highest BCUT2D eigenvalue weighted by Gasteiger charge is 2.44. The van der Waals surface area contributed by atoms with Gasteiger partial charge in [0.2, 0.25) is 5.91 Å². The van der Waals surface area contributed by atoms with Gasteiger partial charge in [-0.15, -0.1) is 0 Å². The molecule has 0 unspecified atom stereocenters. The smallest absolute Gasteiger partial charge is 0.307 e. The molecule has 2 aliphatic rings. The van der Waals surface area contributed by atoms with E-state index in [-0.39, 0.29) is 11.8 Å². The summed E-state index contributed by atoms with van der Waals surface area (Å²) in [5, 5.41) is 9.35. The average Bonchev–Trinajstić information content (AvgIpc) is 2.48. The molecule has 0 aromatic heterocycles. The largest absolute Gasteiger partial charge is 0.481 e. The van der Waals surface area contributed by atoms with E-state index in [1.54, 1.807) is 4.90 Å². The first-order valence-electron chi connectivity index (χ1n) is 6.94. The molecule has 1 aliphatic heterocycles. The molecule has 0 spiro atoms. The summed E-state index contributed by atoms with van der Waals surface area (Å²) in [6.45, 7) is 0.653. The van der Waals surface area contributed by atoms with E-state index in [2.05, 4.69) is 0 Å². The third kappa shape index (κ3) is 2.11. The zero-order chi connectivity index (χ0) is 14.1. The van der Waals surface area contributed by atoms with Gasteiger partial charge in [-0.25, -0.2) is 0 Å². The van der Waals surface area contributed by atoms with Crippen LogP contribution in [0.4, 0.5) is 5.69 Å². The van der Waals surface area contributed by atoms with Crippen LogP contribution in [0.25, 0.3) is 0 Å². The number of para-hydroxylation sites is 1. The maximum atomic E-state index is 12.7. The second-order valence-corrected chi connectivity index (χ2v) is 5.41. The first kappa shape index (κ1) is 12.9. The normalized spacial score (nSPS) is 29.1. The molecular weight excluding hydrogens is 254 g/mol. The summed E-state index contributed by atoms with van der Waals surface area (Å²) in [4.78, 5) is 25.8. The van der Waals surface area contributed by atoms with Crippen molar-refractivity contribution < 1.29 is 14.7 Å². The van der Waals surface area contributed by atoms with Crippen molar-refractivity contribution in [2.24, 2.45) is 17.8 Å². The quantitative estimate of drug-likeness (QED) is 0.840. The van der Waals surface area contributed by atoms with Gasteiger partial charge in [0, 0.05) is 12.2 Å². The highest BCUT2D eigenvalue weighted by Crippen LogP contribution is 2.38. The van der Waals surface area contributed by atoms with E-state index in [0.717, 1.165) is 12.1 Å². The molecular formula is C16H17NO3. The fourth-order valence-corrected chi connectivity index (χ4v) is 3.28. The van der Waals surface area contributed by atoms with E-state index in [1.807, 2.05) is 42.5 Å². The lowest BCUT2D eigenvalue weighted by atomic mass is 9.71. The van der Waals surface area contributed by atoms with E-state index >= 15 is 0 Å². The van der Waals surface area contributed by atoms with Crippen LogP contribution < -0.4 is 4.90 Å². The number of allylic oxidation sites excluding steroid dienone is 2. The van der Waals surface area contributed by atoms with E-state index in [1.165, 1.54) is 0 Å². The summed E-state index contributed by atoms with van der Waals surface area (Å²) >= 11 is 0. The minimum atomic E-state index is -0.868. The number of piperidine rings is 1. The topological polar surface area (TPSA) is 57.6 Å². The number of hydrogen-bond acceptors (Lipinski definition) is 2. The van der Waals surface area contributed by atoms with Gasteiger partial charge < -0.3 is 10.0 Å². The second-order valence-electron chi connectivity index (χ2n) is 5.41. The molecule has 1 amide bonds. The SMILES string of the molecule is O=C(O)[C@H]1CC=C[C@H]2CCN(c3ccccc3)C(=O)[C@@H]12. The Morgan fingerprint density at radius 1 is 1.25 bits per heavy atom. The van der Waals surface area contributed by atoms with Crippen molar-refractivity contribution in [2.75, 3.05) is 11.4 Å². The maximum Gasteiger partial charge on any atom is 0.307 e. The number of anilines is 1. The molecule has 4 heteroatoms. The van der Waals surface area contributed by atoms with Crippen LogP contribution in [0.15, 0.2) is 42.5 Å². The lowest BCUT2D eigenvalue weighted by Crippen LogP contribution is -2.50. The van der Waals surface area contributed by atoms with Crippen LogP contribution in [-0.4, -0.2) is 23.5 Å². The van der Waals surface area contributed by atoms with Gasteiger partial charge in [0.1, 0.15) is 0 Å². The Balaban J connectivity index is 1.91. The highest BCUT2D eigenvalue weighted by molar-refractivity contribution is 5.98. The molecule has 0 saturated carbocycles. The van der Waals surface area contributed by atoms with E-state index in [0.29, 0.717) is 13.0 Å². The Morgan fingerprint density at radius 2 is 2.00 bits per heavy atom. The molecule has 20 heavy (non-hydrogen) atoms. The minimum absolute atomic E-state index is 0.0517. The van der Waals surface area contributed by atoms with Gasteiger partial charge in [-0.05, 0) is 30.9 Å². The standard InChI is InChI=1S/C16H17NO3/c18-15-14-11(5-4-8-13(14)16(19)20)9-10-17(15)12-6-2-1-3-7-12/h1-7,11,13-14H,8-10H2,(H,19,20)/t11-,13-,14+/m0/s1. The summed E-state index contributed by atoms with van der Waals surface area (Å²) in [6, 6.07) is 9.48.